The van der Waals surface area contributed by atoms with E-state index in [-0.39, 0.29) is 0 Å². The average Bonchev–Trinajstić information content (AvgIpc) is 2.47. The smallest absolute Gasteiger partial charge is 0.0705 e. The average molecular weight is 288 g/mol. The van der Waals surface area contributed by atoms with Crippen molar-refractivity contribution >= 4 is 22.7 Å². The molecule has 108 valence electrons. The summed E-state index contributed by atoms with van der Waals surface area (Å²) in [6.45, 7) is 5.33. The predicted molar refractivity (Wildman–Crippen MR) is 90.5 cm³/mol. The molecule has 0 aliphatic heterocycles. The molecule has 1 heterocycles. The Kier molecular flexibility index (Phi) is 5.86. The first-order chi connectivity index (χ1) is 9.74. The van der Waals surface area contributed by atoms with Gasteiger partial charge < -0.3 is 5.32 Å². The Balaban J connectivity index is 2.24. The molecule has 20 heavy (non-hydrogen) atoms. The van der Waals surface area contributed by atoms with Crippen molar-refractivity contribution in [1.82, 2.24) is 10.3 Å². The summed E-state index contributed by atoms with van der Waals surface area (Å²) >= 11 is 1.91. The second kappa shape index (κ2) is 7.65. The van der Waals surface area contributed by atoms with Crippen molar-refractivity contribution < 1.29 is 0 Å². The molecule has 2 rings (SSSR count). The van der Waals surface area contributed by atoms with Gasteiger partial charge in [-0.15, -0.1) is 0 Å². The molecule has 0 bridgehead atoms. The summed E-state index contributed by atoms with van der Waals surface area (Å²) in [7, 11) is 0. The van der Waals surface area contributed by atoms with E-state index in [2.05, 4.69) is 53.8 Å². The van der Waals surface area contributed by atoms with Crippen LogP contribution in [0.2, 0.25) is 0 Å². The topological polar surface area (TPSA) is 24.9 Å². The van der Waals surface area contributed by atoms with Crippen LogP contribution in [0.5, 0.6) is 0 Å². The number of rotatable bonds is 7. The van der Waals surface area contributed by atoms with Crippen LogP contribution in [0.15, 0.2) is 30.3 Å². The van der Waals surface area contributed by atoms with Crippen LogP contribution in [-0.4, -0.2) is 23.5 Å². The van der Waals surface area contributed by atoms with Crippen LogP contribution in [0.25, 0.3) is 10.9 Å². The van der Waals surface area contributed by atoms with Crippen molar-refractivity contribution in [3.8, 4) is 0 Å². The van der Waals surface area contributed by atoms with E-state index in [9.17, 15) is 0 Å². The van der Waals surface area contributed by atoms with E-state index in [1.54, 1.807) is 0 Å². The third kappa shape index (κ3) is 3.97. The molecule has 0 aliphatic rings. The van der Waals surface area contributed by atoms with Gasteiger partial charge in [-0.1, -0.05) is 19.1 Å². The third-order valence-corrected chi connectivity index (χ3v) is 4.15. The highest BCUT2D eigenvalue weighted by molar-refractivity contribution is 7.98. The van der Waals surface area contributed by atoms with Gasteiger partial charge in [-0.2, -0.15) is 11.8 Å². The lowest BCUT2D eigenvalue weighted by atomic mass is 10.0. The minimum Gasteiger partial charge on any atom is -0.310 e. The summed E-state index contributed by atoms with van der Waals surface area (Å²) in [6.07, 6.45) is 4.51. The Morgan fingerprint density at radius 1 is 1.25 bits per heavy atom. The molecule has 1 aromatic carbocycles. The summed E-state index contributed by atoms with van der Waals surface area (Å²) in [5.74, 6) is 1.19. The van der Waals surface area contributed by atoms with Gasteiger partial charge in [-0.3, -0.25) is 4.98 Å². The summed E-state index contributed by atoms with van der Waals surface area (Å²) < 4.78 is 0. The van der Waals surface area contributed by atoms with Gasteiger partial charge >= 0.3 is 0 Å². The fraction of sp³-hybridized carbons (Fsp3) is 0.471. The van der Waals surface area contributed by atoms with Crippen molar-refractivity contribution in [2.24, 2.45) is 0 Å². The molecule has 0 aliphatic carbocycles. The zero-order valence-corrected chi connectivity index (χ0v) is 13.5. The summed E-state index contributed by atoms with van der Waals surface area (Å²) in [6, 6.07) is 11.4. The summed E-state index contributed by atoms with van der Waals surface area (Å²) in [4.78, 5) is 4.58. The van der Waals surface area contributed by atoms with Gasteiger partial charge in [0.15, 0.2) is 0 Å². The maximum atomic E-state index is 4.58. The molecule has 0 spiro atoms. The number of aryl methyl sites for hydroxylation is 1. The van der Waals surface area contributed by atoms with E-state index in [0.717, 1.165) is 17.8 Å². The molecule has 1 N–H and O–H groups in total. The van der Waals surface area contributed by atoms with E-state index in [0.29, 0.717) is 6.04 Å². The van der Waals surface area contributed by atoms with Gasteiger partial charge in [0.05, 0.1) is 5.52 Å². The molecular formula is C17H24N2S. The van der Waals surface area contributed by atoms with Gasteiger partial charge in [-0.25, -0.2) is 0 Å². The normalized spacial score (nSPS) is 12.8. The highest BCUT2D eigenvalue weighted by Gasteiger charge is 2.11. The molecule has 3 heteroatoms. The van der Waals surface area contributed by atoms with E-state index in [4.69, 9.17) is 0 Å². The van der Waals surface area contributed by atoms with E-state index in [1.165, 1.54) is 29.5 Å². The Morgan fingerprint density at radius 3 is 2.85 bits per heavy atom. The van der Waals surface area contributed by atoms with Crippen LogP contribution >= 0.6 is 11.8 Å². The van der Waals surface area contributed by atoms with Crippen molar-refractivity contribution in [2.45, 2.75) is 32.7 Å². The first kappa shape index (κ1) is 15.3. The van der Waals surface area contributed by atoms with Gasteiger partial charge in [0.1, 0.15) is 0 Å². The highest BCUT2D eigenvalue weighted by Crippen LogP contribution is 2.23. The van der Waals surface area contributed by atoms with E-state index in [1.807, 2.05) is 18.7 Å². The molecule has 0 amide bonds. The second-order valence-electron chi connectivity index (χ2n) is 5.19. The SMILES string of the molecule is CCCNC(CCSC)c1ccc2nc(C)ccc2c1. The lowest BCUT2D eigenvalue weighted by Crippen LogP contribution is -2.22. The lowest BCUT2D eigenvalue weighted by Gasteiger charge is -2.19. The van der Waals surface area contributed by atoms with Crippen LogP contribution < -0.4 is 5.32 Å². The number of nitrogens with one attached hydrogen (secondary N) is 1. The first-order valence-corrected chi connectivity index (χ1v) is 8.73. The van der Waals surface area contributed by atoms with Gasteiger partial charge in [0, 0.05) is 17.1 Å². The van der Waals surface area contributed by atoms with Crippen LogP contribution in [0.1, 0.15) is 37.1 Å². The zero-order chi connectivity index (χ0) is 14.4. The van der Waals surface area contributed by atoms with Crippen LogP contribution in [-0.2, 0) is 0 Å². The molecule has 2 nitrogen and oxygen atoms in total. The van der Waals surface area contributed by atoms with Crippen LogP contribution in [0.3, 0.4) is 0 Å². The lowest BCUT2D eigenvalue weighted by molar-refractivity contribution is 0.522. The molecule has 0 fully saturated rings. The number of thioether (sulfide) groups is 1. The number of fused-ring (bicyclic) bond motifs is 1. The Bertz CT molecular complexity index is 546. The fourth-order valence-electron chi connectivity index (χ4n) is 2.40. The molecule has 1 aromatic heterocycles. The molecule has 1 unspecified atom stereocenters. The standard InChI is InChI=1S/C17H24N2S/c1-4-10-18-16(9-11-20-3)14-7-8-17-15(12-14)6-5-13(2)19-17/h5-8,12,16,18H,4,9-11H2,1-3H3. The maximum Gasteiger partial charge on any atom is 0.0705 e. The van der Waals surface area contributed by atoms with Crippen LogP contribution in [0.4, 0.5) is 0 Å². The summed E-state index contributed by atoms with van der Waals surface area (Å²) in [5.41, 5.74) is 3.55. The molecule has 2 aromatic rings. The molecule has 0 radical (unpaired) electrons. The monoisotopic (exact) mass is 288 g/mol. The zero-order valence-electron chi connectivity index (χ0n) is 12.6. The van der Waals surface area contributed by atoms with E-state index < -0.39 is 0 Å². The van der Waals surface area contributed by atoms with Gasteiger partial charge in [0.25, 0.3) is 0 Å². The van der Waals surface area contributed by atoms with Crippen LogP contribution in [0, 0.1) is 6.92 Å². The Labute approximate surface area is 126 Å². The number of hydrogen-bond acceptors (Lipinski definition) is 3. The van der Waals surface area contributed by atoms with Gasteiger partial charge in [0.2, 0.25) is 0 Å². The number of pyridine rings is 1. The quantitative estimate of drug-likeness (QED) is 0.820. The van der Waals surface area contributed by atoms with Crippen molar-refractivity contribution in [2.75, 3.05) is 18.6 Å². The number of benzene rings is 1. The maximum absolute atomic E-state index is 4.58. The largest absolute Gasteiger partial charge is 0.310 e. The first-order valence-electron chi connectivity index (χ1n) is 7.34. The second-order valence-corrected chi connectivity index (χ2v) is 6.18. The highest BCUT2D eigenvalue weighted by atomic mass is 32.2. The summed E-state index contributed by atoms with van der Waals surface area (Å²) in [5, 5.41) is 4.90. The fourth-order valence-corrected chi connectivity index (χ4v) is 2.87. The Morgan fingerprint density at radius 2 is 2.10 bits per heavy atom. The third-order valence-electron chi connectivity index (χ3n) is 3.51. The predicted octanol–water partition coefficient (Wildman–Crippen LogP) is 4.34. The number of hydrogen-bond donors (Lipinski definition) is 1. The molecule has 0 saturated heterocycles. The number of aromatic nitrogens is 1. The Hall–Kier alpha value is -1.06. The minimum atomic E-state index is 0.452. The molecular weight excluding hydrogens is 264 g/mol. The van der Waals surface area contributed by atoms with Crippen molar-refractivity contribution in [3.63, 3.8) is 0 Å². The van der Waals surface area contributed by atoms with Crippen molar-refractivity contribution in [1.29, 1.82) is 0 Å². The number of nitrogens with zero attached hydrogens (tertiary/aromatic N) is 1. The molecule has 1 atom stereocenters. The molecule has 0 saturated carbocycles. The van der Waals surface area contributed by atoms with Gasteiger partial charge in [-0.05, 0) is 62.1 Å². The van der Waals surface area contributed by atoms with Crippen molar-refractivity contribution in [3.05, 3.63) is 41.6 Å². The van der Waals surface area contributed by atoms with E-state index >= 15 is 0 Å². The minimum absolute atomic E-state index is 0.452.